The van der Waals surface area contributed by atoms with E-state index >= 15 is 0 Å². The lowest BCUT2D eigenvalue weighted by atomic mass is 9.95. The Labute approximate surface area is 159 Å². The van der Waals surface area contributed by atoms with E-state index in [1.807, 2.05) is 24.3 Å². The molecule has 0 unspecified atom stereocenters. The first-order chi connectivity index (χ1) is 11.3. The van der Waals surface area contributed by atoms with Crippen molar-refractivity contribution >= 4 is 47.8 Å². The molecular weight excluding hydrogens is 363 g/mol. The van der Waals surface area contributed by atoms with Gasteiger partial charge in [-0.25, -0.2) is 0 Å². The normalized spacial score (nSPS) is 18.2. The summed E-state index contributed by atoms with van der Waals surface area (Å²) in [6.07, 6.45) is 1.71. The van der Waals surface area contributed by atoms with Crippen LogP contribution in [0.2, 0.25) is 0 Å². The van der Waals surface area contributed by atoms with Gasteiger partial charge in [0.05, 0.1) is 0 Å². The summed E-state index contributed by atoms with van der Waals surface area (Å²) >= 11 is 0. The summed E-state index contributed by atoms with van der Waals surface area (Å²) in [6.45, 7) is 4.48. The van der Waals surface area contributed by atoms with E-state index in [-0.39, 0.29) is 36.6 Å². The Balaban J connectivity index is 0.00000113. The molecule has 2 fully saturated rings. The van der Waals surface area contributed by atoms with Crippen molar-refractivity contribution in [2.75, 3.05) is 37.6 Å². The average molecular weight is 387 g/mol. The highest BCUT2D eigenvalue weighted by Gasteiger charge is 2.28. The summed E-state index contributed by atoms with van der Waals surface area (Å²) in [6, 6.07) is 8.47. The molecule has 2 aromatic rings. The zero-order valence-corrected chi connectivity index (χ0v) is 15.6. The summed E-state index contributed by atoms with van der Waals surface area (Å²) < 4.78 is 5.81. The third-order valence-electron chi connectivity index (χ3n) is 4.85. The number of benzene rings is 1. The van der Waals surface area contributed by atoms with Crippen molar-refractivity contribution in [3.63, 3.8) is 0 Å². The predicted molar refractivity (Wildman–Crippen MR) is 103 cm³/mol. The molecule has 0 bridgehead atoms. The minimum atomic E-state index is 0. The topological polar surface area (TPSA) is 70.4 Å². The van der Waals surface area contributed by atoms with Crippen LogP contribution in [0.5, 0.6) is 0 Å². The van der Waals surface area contributed by atoms with Crippen LogP contribution in [0.1, 0.15) is 12.8 Å². The molecule has 25 heavy (non-hydrogen) atoms. The molecule has 3 heterocycles. The molecule has 2 N–H and O–H groups in total. The van der Waals surface area contributed by atoms with E-state index < -0.39 is 0 Å². The molecule has 2 saturated heterocycles. The van der Waals surface area contributed by atoms with Gasteiger partial charge in [-0.1, -0.05) is 12.1 Å². The van der Waals surface area contributed by atoms with Crippen LogP contribution in [0.4, 0.5) is 6.01 Å². The monoisotopic (exact) mass is 386 g/mol. The van der Waals surface area contributed by atoms with Crippen LogP contribution in [0.15, 0.2) is 28.7 Å². The number of carbonyl (C=O) groups is 1. The summed E-state index contributed by atoms with van der Waals surface area (Å²) in [5.41, 5.74) is 1.70. The molecule has 4 rings (SSSR count). The molecule has 2 aliphatic heterocycles. The van der Waals surface area contributed by atoms with Gasteiger partial charge in [0.15, 0.2) is 5.58 Å². The van der Waals surface area contributed by atoms with Crippen LogP contribution in [-0.2, 0) is 4.79 Å². The molecule has 138 valence electrons. The van der Waals surface area contributed by atoms with Crippen LogP contribution >= 0.6 is 24.8 Å². The maximum absolute atomic E-state index is 12.2. The number of carbonyl (C=O) groups excluding carboxylic acids is 1. The number of para-hydroxylation sites is 2. The summed E-state index contributed by atoms with van der Waals surface area (Å²) in [4.78, 5) is 18.9. The van der Waals surface area contributed by atoms with Crippen LogP contribution in [0.3, 0.4) is 0 Å². The van der Waals surface area contributed by atoms with E-state index in [9.17, 15) is 4.79 Å². The molecule has 0 aliphatic carbocycles. The van der Waals surface area contributed by atoms with Crippen molar-refractivity contribution in [1.29, 1.82) is 0 Å². The van der Waals surface area contributed by atoms with Crippen LogP contribution in [-0.4, -0.2) is 43.6 Å². The zero-order valence-electron chi connectivity index (χ0n) is 13.9. The number of oxazole rings is 1. The number of anilines is 1. The summed E-state index contributed by atoms with van der Waals surface area (Å²) in [5, 5.41) is 6.32. The molecule has 8 heteroatoms. The van der Waals surface area contributed by atoms with Crippen molar-refractivity contribution in [2.45, 2.75) is 12.8 Å². The third kappa shape index (κ3) is 4.37. The van der Waals surface area contributed by atoms with Gasteiger partial charge in [-0.05, 0) is 25.0 Å². The first kappa shape index (κ1) is 19.8. The number of hydrogen-bond acceptors (Lipinski definition) is 5. The number of rotatable bonds is 4. The number of hydrogen-bond donors (Lipinski definition) is 2. The summed E-state index contributed by atoms with van der Waals surface area (Å²) in [7, 11) is 0. The fourth-order valence-electron chi connectivity index (χ4n) is 3.21. The molecule has 1 amide bonds. The van der Waals surface area contributed by atoms with Crippen molar-refractivity contribution in [1.82, 2.24) is 15.6 Å². The first-order valence-electron chi connectivity index (χ1n) is 8.38. The second-order valence-electron chi connectivity index (χ2n) is 6.49. The lowest BCUT2D eigenvalue weighted by Crippen LogP contribution is -2.49. The Morgan fingerprint density at radius 3 is 2.60 bits per heavy atom. The largest absolute Gasteiger partial charge is 0.423 e. The summed E-state index contributed by atoms with van der Waals surface area (Å²) in [5.74, 6) is 0.927. The highest BCUT2D eigenvalue weighted by molar-refractivity contribution is 5.85. The first-order valence-corrected chi connectivity index (χ1v) is 8.38. The van der Waals surface area contributed by atoms with E-state index in [1.54, 1.807) is 0 Å². The number of nitrogens with one attached hydrogen (secondary N) is 2. The second kappa shape index (κ2) is 8.74. The molecule has 1 aromatic carbocycles. The van der Waals surface area contributed by atoms with Crippen LogP contribution < -0.4 is 15.5 Å². The second-order valence-corrected chi connectivity index (χ2v) is 6.49. The SMILES string of the molecule is Cl.Cl.O=C(NCC1CNC1)C1CCN(c2nc3ccccc3o2)CC1. The van der Waals surface area contributed by atoms with Gasteiger partial charge in [-0.15, -0.1) is 24.8 Å². The van der Waals surface area contributed by atoms with Crippen LogP contribution in [0.25, 0.3) is 11.1 Å². The van der Waals surface area contributed by atoms with Gasteiger partial charge in [0.2, 0.25) is 5.91 Å². The standard InChI is InChI=1S/C17H22N4O2.2ClH/c22-16(19-11-12-9-18-10-12)13-5-7-21(8-6-13)17-20-14-3-1-2-4-15(14)23-17;;/h1-4,12-13,18H,5-11H2,(H,19,22);2*1H. The molecule has 1 aromatic heterocycles. The van der Waals surface area contributed by atoms with E-state index in [1.165, 1.54) is 0 Å². The Bertz CT molecular complexity index is 664. The number of piperidine rings is 1. The van der Waals surface area contributed by atoms with Crippen molar-refractivity contribution in [3.05, 3.63) is 24.3 Å². The van der Waals surface area contributed by atoms with Crippen molar-refractivity contribution < 1.29 is 9.21 Å². The van der Waals surface area contributed by atoms with Gasteiger partial charge in [0, 0.05) is 44.6 Å². The minimum Gasteiger partial charge on any atom is -0.423 e. The quantitative estimate of drug-likeness (QED) is 0.842. The van der Waals surface area contributed by atoms with E-state index in [0.717, 1.165) is 56.7 Å². The lowest BCUT2D eigenvalue weighted by Gasteiger charge is -2.31. The van der Waals surface area contributed by atoms with Crippen molar-refractivity contribution in [2.24, 2.45) is 11.8 Å². The Morgan fingerprint density at radius 2 is 1.96 bits per heavy atom. The third-order valence-corrected chi connectivity index (χ3v) is 4.85. The number of halogens is 2. The predicted octanol–water partition coefficient (Wildman–Crippen LogP) is 2.22. The number of amides is 1. The fourth-order valence-corrected chi connectivity index (χ4v) is 3.21. The van der Waals surface area contributed by atoms with E-state index in [2.05, 4.69) is 20.5 Å². The van der Waals surface area contributed by atoms with Gasteiger partial charge in [-0.3, -0.25) is 4.79 Å². The Hall–Kier alpha value is -1.50. The van der Waals surface area contributed by atoms with Gasteiger partial charge < -0.3 is 20.0 Å². The fraction of sp³-hybridized carbons (Fsp3) is 0.529. The molecule has 0 atom stereocenters. The molecule has 0 radical (unpaired) electrons. The minimum absolute atomic E-state index is 0. The smallest absolute Gasteiger partial charge is 0.298 e. The molecule has 6 nitrogen and oxygen atoms in total. The number of fused-ring (bicyclic) bond motifs is 1. The van der Waals surface area contributed by atoms with Gasteiger partial charge >= 0.3 is 0 Å². The van der Waals surface area contributed by atoms with Crippen molar-refractivity contribution in [3.8, 4) is 0 Å². The van der Waals surface area contributed by atoms with E-state index in [0.29, 0.717) is 11.9 Å². The maximum Gasteiger partial charge on any atom is 0.298 e. The average Bonchev–Trinajstić information content (AvgIpc) is 2.97. The molecule has 0 saturated carbocycles. The number of aromatic nitrogens is 1. The zero-order chi connectivity index (χ0) is 15.6. The highest BCUT2D eigenvalue weighted by Crippen LogP contribution is 2.26. The lowest BCUT2D eigenvalue weighted by molar-refractivity contribution is -0.125. The maximum atomic E-state index is 12.2. The van der Waals surface area contributed by atoms with E-state index in [4.69, 9.17) is 4.42 Å². The van der Waals surface area contributed by atoms with Crippen LogP contribution in [0, 0.1) is 11.8 Å². The Kier molecular flexibility index (Phi) is 6.93. The van der Waals surface area contributed by atoms with Gasteiger partial charge in [-0.2, -0.15) is 4.98 Å². The molecular formula is C17H24Cl2N4O2. The van der Waals surface area contributed by atoms with Gasteiger partial charge in [0.25, 0.3) is 6.01 Å². The Morgan fingerprint density at radius 1 is 1.24 bits per heavy atom. The van der Waals surface area contributed by atoms with Gasteiger partial charge in [0.1, 0.15) is 5.52 Å². The molecule has 0 spiro atoms. The number of nitrogens with zero attached hydrogens (tertiary/aromatic N) is 2. The molecule has 2 aliphatic rings. The highest BCUT2D eigenvalue weighted by atomic mass is 35.5.